The summed E-state index contributed by atoms with van der Waals surface area (Å²) in [6, 6.07) is 14.7. The minimum atomic E-state index is -2.29. The number of hydrogen-bond donors (Lipinski definition) is 2. The average molecular weight is 405 g/mol. The molecule has 2 amide bonds. The SMILES string of the molecule is [2H]C([2H])(NC(=O)c1cc(C(=O)NC([2H])([2H])c2cccc(OC)c2)ncn1)c1ccc(C#N)cc1. The first-order chi connectivity index (χ1) is 16.1. The van der Waals surface area contributed by atoms with Crippen molar-refractivity contribution in [3.8, 4) is 11.8 Å². The summed E-state index contributed by atoms with van der Waals surface area (Å²) in [7, 11) is 1.44. The lowest BCUT2D eigenvalue weighted by atomic mass is 10.1. The molecule has 0 atom stereocenters. The fourth-order valence-corrected chi connectivity index (χ4v) is 2.32. The molecule has 0 bridgehead atoms. The second kappa shape index (κ2) is 9.80. The van der Waals surface area contributed by atoms with Crippen molar-refractivity contribution in [1.82, 2.24) is 20.6 Å². The normalized spacial score (nSPS) is 12.9. The highest BCUT2D eigenvalue weighted by molar-refractivity contribution is 5.97. The van der Waals surface area contributed by atoms with Crippen LogP contribution in [0.25, 0.3) is 0 Å². The van der Waals surface area contributed by atoms with Crippen LogP contribution in [0.3, 0.4) is 0 Å². The van der Waals surface area contributed by atoms with Crippen molar-refractivity contribution in [1.29, 1.82) is 5.26 Å². The van der Waals surface area contributed by atoms with Crippen LogP contribution in [0.4, 0.5) is 0 Å². The molecule has 0 saturated carbocycles. The standard InChI is InChI=1S/C22H19N5O3/c1-30-18-4-2-3-17(9-18)13-25-22(29)20-10-19(26-14-27-20)21(28)24-12-16-7-5-15(11-23)6-8-16/h2-10,14H,12-13H2,1H3,(H,24,28)(H,25,29)/i12D2,13D2. The first kappa shape index (κ1) is 15.6. The second-order valence-electron chi connectivity index (χ2n) is 5.87. The van der Waals surface area contributed by atoms with Gasteiger partial charge in [0.25, 0.3) is 11.8 Å². The quantitative estimate of drug-likeness (QED) is 0.622. The topological polar surface area (TPSA) is 117 Å². The van der Waals surface area contributed by atoms with Crippen LogP contribution in [0.15, 0.2) is 60.9 Å². The first-order valence-electron chi connectivity index (χ1n) is 10.7. The van der Waals surface area contributed by atoms with Crippen molar-refractivity contribution in [3.05, 3.63) is 89.0 Å². The minimum Gasteiger partial charge on any atom is -0.497 e. The number of benzene rings is 2. The zero-order valence-corrected chi connectivity index (χ0v) is 15.8. The molecule has 0 unspecified atom stereocenters. The Kier molecular flexibility index (Phi) is 5.11. The summed E-state index contributed by atoms with van der Waals surface area (Å²) in [5.41, 5.74) is 0.0119. The lowest BCUT2D eigenvalue weighted by molar-refractivity contribution is 0.0944. The molecule has 0 aliphatic rings. The molecular weight excluding hydrogens is 382 g/mol. The molecule has 30 heavy (non-hydrogen) atoms. The molecule has 2 aromatic carbocycles. The molecule has 0 radical (unpaired) electrons. The number of carbonyl (C=O) groups excluding carboxylic acids is 2. The van der Waals surface area contributed by atoms with Crippen LogP contribution in [0.1, 0.15) is 43.2 Å². The van der Waals surface area contributed by atoms with Gasteiger partial charge in [-0.3, -0.25) is 9.59 Å². The molecule has 0 aliphatic heterocycles. The van der Waals surface area contributed by atoms with Gasteiger partial charge in [0.15, 0.2) is 0 Å². The maximum Gasteiger partial charge on any atom is 0.270 e. The Bertz CT molecular complexity index is 1260. The average Bonchev–Trinajstić information content (AvgIpc) is 2.83. The van der Waals surface area contributed by atoms with E-state index in [9.17, 15) is 9.59 Å². The number of nitriles is 1. The highest BCUT2D eigenvalue weighted by Crippen LogP contribution is 2.12. The third-order valence-electron chi connectivity index (χ3n) is 3.86. The van der Waals surface area contributed by atoms with Gasteiger partial charge >= 0.3 is 0 Å². The molecule has 8 nitrogen and oxygen atoms in total. The Hall–Kier alpha value is -4.25. The zero-order chi connectivity index (χ0) is 24.9. The molecular formula is C22H19N5O3. The number of nitrogens with zero attached hydrogens (tertiary/aromatic N) is 3. The van der Waals surface area contributed by atoms with E-state index in [1.165, 1.54) is 43.5 Å². The van der Waals surface area contributed by atoms with Crippen molar-refractivity contribution in [2.24, 2.45) is 0 Å². The highest BCUT2D eigenvalue weighted by Gasteiger charge is 2.13. The van der Waals surface area contributed by atoms with Crippen LogP contribution in [0.2, 0.25) is 0 Å². The second-order valence-corrected chi connectivity index (χ2v) is 5.87. The summed E-state index contributed by atoms with van der Waals surface area (Å²) in [5.74, 6) is -1.41. The molecule has 2 N–H and O–H groups in total. The maximum atomic E-state index is 12.6. The van der Waals surface area contributed by atoms with E-state index >= 15 is 0 Å². The Morgan fingerprint density at radius 1 is 1.00 bits per heavy atom. The lowest BCUT2D eigenvalue weighted by Crippen LogP contribution is -2.27. The summed E-state index contributed by atoms with van der Waals surface area (Å²) in [4.78, 5) is 32.8. The predicted molar refractivity (Wildman–Crippen MR) is 109 cm³/mol. The van der Waals surface area contributed by atoms with Crippen LogP contribution in [0.5, 0.6) is 5.75 Å². The zero-order valence-electron chi connectivity index (χ0n) is 19.8. The van der Waals surface area contributed by atoms with E-state index in [1.54, 1.807) is 12.1 Å². The van der Waals surface area contributed by atoms with E-state index in [0.717, 1.165) is 12.4 Å². The fraction of sp³-hybridized carbons (Fsp3) is 0.136. The summed E-state index contributed by atoms with van der Waals surface area (Å²) in [6.07, 6.45) is 0.947. The Morgan fingerprint density at radius 2 is 1.63 bits per heavy atom. The van der Waals surface area contributed by atoms with E-state index in [4.69, 9.17) is 15.5 Å². The first-order valence-corrected chi connectivity index (χ1v) is 8.68. The van der Waals surface area contributed by atoms with Gasteiger partial charge in [-0.25, -0.2) is 9.97 Å². The summed E-state index contributed by atoms with van der Waals surface area (Å²) in [6.45, 7) is -4.56. The molecule has 1 heterocycles. The Morgan fingerprint density at radius 3 is 2.23 bits per heavy atom. The molecule has 0 fully saturated rings. The van der Waals surface area contributed by atoms with Gasteiger partial charge in [0.1, 0.15) is 23.5 Å². The van der Waals surface area contributed by atoms with Crippen molar-refractivity contribution in [3.63, 3.8) is 0 Å². The van der Waals surface area contributed by atoms with Crippen molar-refractivity contribution in [2.75, 3.05) is 7.11 Å². The van der Waals surface area contributed by atoms with E-state index in [0.29, 0.717) is 11.3 Å². The summed E-state index contributed by atoms with van der Waals surface area (Å²) < 4.78 is 37.7. The van der Waals surface area contributed by atoms with Gasteiger partial charge in [-0.2, -0.15) is 5.26 Å². The van der Waals surface area contributed by atoms with Gasteiger partial charge in [0.05, 0.1) is 24.2 Å². The van der Waals surface area contributed by atoms with Crippen LogP contribution >= 0.6 is 0 Å². The van der Waals surface area contributed by atoms with Crippen molar-refractivity contribution >= 4 is 11.8 Å². The largest absolute Gasteiger partial charge is 0.497 e. The Balaban J connectivity index is 1.76. The van der Waals surface area contributed by atoms with Gasteiger partial charge in [-0.15, -0.1) is 0 Å². The monoisotopic (exact) mass is 405 g/mol. The molecule has 3 aromatic rings. The van der Waals surface area contributed by atoms with Crippen LogP contribution < -0.4 is 15.4 Å². The van der Waals surface area contributed by atoms with Gasteiger partial charge in [-0.1, -0.05) is 24.3 Å². The number of rotatable bonds is 7. The number of amides is 2. The maximum absolute atomic E-state index is 12.6. The van der Waals surface area contributed by atoms with Gasteiger partial charge < -0.3 is 15.4 Å². The molecule has 0 spiro atoms. The van der Waals surface area contributed by atoms with Crippen LogP contribution in [-0.4, -0.2) is 28.9 Å². The van der Waals surface area contributed by atoms with Gasteiger partial charge in [0, 0.05) is 19.1 Å². The van der Waals surface area contributed by atoms with E-state index < -0.39 is 24.8 Å². The summed E-state index contributed by atoms with van der Waals surface area (Å²) >= 11 is 0. The van der Waals surface area contributed by atoms with Crippen molar-refractivity contribution in [2.45, 2.75) is 13.0 Å². The van der Waals surface area contributed by atoms with Crippen LogP contribution in [-0.2, 0) is 13.0 Å². The lowest BCUT2D eigenvalue weighted by Gasteiger charge is -2.08. The van der Waals surface area contributed by atoms with Gasteiger partial charge in [0.2, 0.25) is 0 Å². The smallest absolute Gasteiger partial charge is 0.270 e. The number of nitrogens with one attached hydrogen (secondary N) is 2. The fourth-order valence-electron chi connectivity index (χ4n) is 2.32. The molecule has 8 heteroatoms. The highest BCUT2D eigenvalue weighted by atomic mass is 16.5. The number of hydrogen-bond acceptors (Lipinski definition) is 6. The molecule has 1 aromatic heterocycles. The third-order valence-corrected chi connectivity index (χ3v) is 3.86. The number of ether oxygens (including phenoxy) is 1. The van der Waals surface area contributed by atoms with E-state index in [1.807, 2.05) is 6.07 Å². The number of carbonyl (C=O) groups is 2. The molecule has 0 saturated heterocycles. The summed E-state index contributed by atoms with van der Waals surface area (Å²) in [5, 5.41) is 13.3. The molecule has 0 aliphatic carbocycles. The third kappa shape index (κ3) is 5.39. The minimum absolute atomic E-state index is 0.110. The molecule has 3 rings (SSSR count). The predicted octanol–water partition coefficient (Wildman–Crippen LogP) is 2.22. The number of aromatic nitrogens is 2. The van der Waals surface area contributed by atoms with Crippen LogP contribution in [0, 0.1) is 11.3 Å². The number of methoxy groups -OCH3 is 1. The van der Waals surface area contributed by atoms with Crippen molar-refractivity contribution < 1.29 is 19.8 Å². The van der Waals surface area contributed by atoms with E-state index in [-0.39, 0.29) is 22.5 Å². The van der Waals surface area contributed by atoms with Gasteiger partial charge in [-0.05, 0) is 35.4 Å². The van der Waals surface area contributed by atoms with E-state index in [2.05, 4.69) is 20.6 Å². The molecule has 150 valence electrons. The Labute approximate surface area is 179 Å².